The first-order valence-corrected chi connectivity index (χ1v) is 2.92. The number of carbonyl (C=O) groups excluding carboxylic acids is 1. The Morgan fingerprint density at radius 1 is 1.73 bits per heavy atom. The molecule has 1 aromatic heterocycles. The van der Waals surface area contributed by atoms with E-state index in [1.54, 1.807) is 0 Å². The van der Waals surface area contributed by atoms with Gasteiger partial charge in [0.1, 0.15) is 0 Å². The highest BCUT2D eigenvalue weighted by atomic mass is 19.1. The summed E-state index contributed by atoms with van der Waals surface area (Å²) < 4.78 is 17.2. The lowest BCUT2D eigenvalue weighted by Gasteiger charge is -1.98. The van der Waals surface area contributed by atoms with Crippen LogP contribution in [0.15, 0.2) is 12.3 Å². The Kier molecular flexibility index (Phi) is 2.15. The maximum absolute atomic E-state index is 12.7. The normalized spacial score (nSPS) is 9.27. The van der Waals surface area contributed by atoms with Gasteiger partial charge in [0.25, 0.3) is 0 Å². The van der Waals surface area contributed by atoms with Crippen molar-refractivity contribution in [2.24, 2.45) is 0 Å². The summed E-state index contributed by atoms with van der Waals surface area (Å²) in [6.07, 6.45) is 1.77. The molecular formula is C7H6FNO2. The summed E-state index contributed by atoms with van der Waals surface area (Å²) in [5.74, 6) is -0.729. The highest BCUT2D eigenvalue weighted by molar-refractivity contribution is 5.74. The van der Waals surface area contributed by atoms with Gasteiger partial charge in [0, 0.05) is 11.8 Å². The predicted molar refractivity (Wildman–Crippen MR) is 36.1 cm³/mol. The zero-order chi connectivity index (χ0) is 8.27. The summed E-state index contributed by atoms with van der Waals surface area (Å²) in [6, 6.07) is 1.07. The molecule has 0 bridgehead atoms. The van der Waals surface area contributed by atoms with Gasteiger partial charge in [-0.15, -0.1) is 0 Å². The van der Waals surface area contributed by atoms with Crippen molar-refractivity contribution in [2.45, 2.75) is 0 Å². The van der Waals surface area contributed by atoms with E-state index in [2.05, 4.69) is 9.72 Å². The van der Waals surface area contributed by atoms with Crippen LogP contribution in [0.25, 0.3) is 0 Å². The molecule has 0 amide bonds. The summed E-state index contributed by atoms with van der Waals surface area (Å²) in [7, 11) is 1.31. The summed E-state index contributed by atoms with van der Waals surface area (Å²) in [4.78, 5) is 13.6. The lowest BCUT2D eigenvalue weighted by atomic mass is 10.3. The molecular weight excluding hydrogens is 149 g/mol. The Labute approximate surface area is 62.8 Å². The highest BCUT2D eigenvalue weighted by Gasteiger charge is 2.03. The molecule has 3 nitrogen and oxygen atoms in total. The van der Waals surface area contributed by atoms with Crippen molar-refractivity contribution in [2.75, 3.05) is 7.11 Å². The molecule has 0 aliphatic rings. The first-order chi connectivity index (χ1) is 5.27. The van der Waals surface area contributed by atoms with Gasteiger partial charge in [-0.3, -0.25) is 4.79 Å². The molecule has 1 heterocycles. The van der Waals surface area contributed by atoms with Crippen molar-refractivity contribution in [3.8, 4) is 5.88 Å². The van der Waals surface area contributed by atoms with Crippen LogP contribution in [0.5, 0.6) is 5.88 Å². The molecule has 0 saturated carbocycles. The van der Waals surface area contributed by atoms with E-state index in [0.29, 0.717) is 6.29 Å². The smallest absolute Gasteiger partial charge is 0.250 e. The van der Waals surface area contributed by atoms with Crippen molar-refractivity contribution in [1.29, 1.82) is 0 Å². The number of nitrogens with zero attached hydrogens (tertiary/aromatic N) is 1. The van der Waals surface area contributed by atoms with Crippen LogP contribution < -0.4 is 4.74 Å². The van der Waals surface area contributed by atoms with E-state index in [1.165, 1.54) is 13.3 Å². The zero-order valence-corrected chi connectivity index (χ0v) is 5.87. The molecule has 0 atom stereocenters. The topological polar surface area (TPSA) is 39.2 Å². The Morgan fingerprint density at radius 3 is 2.91 bits per heavy atom. The number of hydrogen-bond donors (Lipinski definition) is 0. The van der Waals surface area contributed by atoms with Crippen LogP contribution in [-0.2, 0) is 0 Å². The molecule has 0 unspecified atom stereocenters. The summed E-state index contributed by atoms with van der Waals surface area (Å²) in [5.41, 5.74) is 0.198. The van der Waals surface area contributed by atoms with Crippen molar-refractivity contribution in [1.82, 2.24) is 4.98 Å². The number of pyridine rings is 1. The maximum Gasteiger partial charge on any atom is 0.250 e. The maximum atomic E-state index is 12.7. The molecule has 0 saturated heterocycles. The van der Waals surface area contributed by atoms with Gasteiger partial charge in [0.05, 0.1) is 7.11 Å². The number of rotatable bonds is 2. The van der Waals surface area contributed by atoms with Gasteiger partial charge in [-0.05, 0) is 6.07 Å². The van der Waals surface area contributed by atoms with Crippen molar-refractivity contribution in [3.63, 3.8) is 0 Å². The number of halogens is 1. The first-order valence-electron chi connectivity index (χ1n) is 2.92. The first kappa shape index (κ1) is 7.65. The average molecular weight is 155 g/mol. The Bertz CT molecular complexity index is 275. The van der Waals surface area contributed by atoms with Gasteiger partial charge in [-0.1, -0.05) is 0 Å². The van der Waals surface area contributed by atoms with E-state index < -0.39 is 5.82 Å². The van der Waals surface area contributed by atoms with Gasteiger partial charge < -0.3 is 4.74 Å². The quantitative estimate of drug-likeness (QED) is 0.599. The minimum atomic E-state index is -0.628. The number of hydrogen-bond acceptors (Lipinski definition) is 3. The lowest BCUT2D eigenvalue weighted by Crippen LogP contribution is -1.93. The van der Waals surface area contributed by atoms with Crippen molar-refractivity contribution >= 4 is 6.29 Å². The minimum Gasteiger partial charge on any atom is -0.479 e. The fourth-order valence-corrected chi connectivity index (χ4v) is 0.655. The van der Waals surface area contributed by atoms with Crippen molar-refractivity contribution in [3.05, 3.63) is 23.6 Å². The van der Waals surface area contributed by atoms with Crippen LogP contribution in [0.2, 0.25) is 0 Å². The predicted octanol–water partition coefficient (Wildman–Crippen LogP) is 1.04. The van der Waals surface area contributed by atoms with Crippen molar-refractivity contribution < 1.29 is 13.9 Å². The van der Waals surface area contributed by atoms with Crippen LogP contribution in [0.4, 0.5) is 4.39 Å². The number of carbonyl (C=O) groups is 1. The van der Waals surface area contributed by atoms with E-state index in [1.807, 2.05) is 0 Å². The van der Waals surface area contributed by atoms with Gasteiger partial charge in [0.15, 0.2) is 12.1 Å². The minimum absolute atomic E-state index is 0.101. The van der Waals surface area contributed by atoms with E-state index >= 15 is 0 Å². The molecule has 0 fully saturated rings. The fraction of sp³-hybridized carbons (Fsp3) is 0.143. The fourth-order valence-electron chi connectivity index (χ4n) is 0.655. The number of ether oxygens (including phenoxy) is 1. The van der Waals surface area contributed by atoms with Gasteiger partial charge >= 0.3 is 0 Å². The lowest BCUT2D eigenvalue weighted by molar-refractivity contribution is 0.112. The van der Waals surface area contributed by atoms with Crippen LogP contribution in [-0.4, -0.2) is 18.4 Å². The molecule has 0 aliphatic heterocycles. The molecule has 58 valence electrons. The summed E-state index contributed by atoms with van der Waals surface area (Å²) in [6.45, 7) is 0. The second kappa shape index (κ2) is 3.09. The average Bonchev–Trinajstić information content (AvgIpc) is 2.04. The van der Waals surface area contributed by atoms with Crippen LogP contribution in [0, 0.1) is 5.82 Å². The molecule has 1 rings (SSSR count). The Hall–Kier alpha value is -1.45. The number of methoxy groups -OCH3 is 1. The van der Waals surface area contributed by atoms with Crippen LogP contribution in [0.1, 0.15) is 10.4 Å². The monoisotopic (exact) mass is 155 g/mol. The Balaban J connectivity index is 3.09. The molecule has 0 spiro atoms. The molecule has 4 heteroatoms. The van der Waals surface area contributed by atoms with E-state index in [-0.39, 0.29) is 11.4 Å². The van der Waals surface area contributed by atoms with Gasteiger partial charge in [-0.2, -0.15) is 0 Å². The van der Waals surface area contributed by atoms with Gasteiger partial charge in [0.2, 0.25) is 5.88 Å². The largest absolute Gasteiger partial charge is 0.479 e. The van der Waals surface area contributed by atoms with Crippen LogP contribution >= 0.6 is 0 Å². The molecule has 0 radical (unpaired) electrons. The third-order valence-electron chi connectivity index (χ3n) is 1.16. The highest BCUT2D eigenvalue weighted by Crippen LogP contribution is 2.12. The molecule has 0 aliphatic carbocycles. The molecule has 1 aromatic rings. The third-order valence-corrected chi connectivity index (χ3v) is 1.16. The van der Waals surface area contributed by atoms with E-state index in [0.717, 1.165) is 6.07 Å². The Morgan fingerprint density at radius 2 is 2.45 bits per heavy atom. The number of aldehydes is 1. The van der Waals surface area contributed by atoms with Crippen LogP contribution in [0.3, 0.4) is 0 Å². The molecule has 0 aromatic carbocycles. The summed E-state index contributed by atoms with van der Waals surface area (Å²) in [5, 5.41) is 0. The standard InChI is InChI=1S/C7H6FNO2/c1-11-7-6(8)2-5(4-10)3-9-7/h2-4H,1H3. The summed E-state index contributed by atoms with van der Waals surface area (Å²) >= 11 is 0. The SMILES string of the molecule is COc1ncc(C=O)cc1F. The zero-order valence-electron chi connectivity index (χ0n) is 5.87. The number of aromatic nitrogens is 1. The second-order valence-corrected chi connectivity index (χ2v) is 1.88. The van der Waals surface area contributed by atoms with E-state index in [4.69, 9.17) is 0 Å². The second-order valence-electron chi connectivity index (χ2n) is 1.88. The van der Waals surface area contributed by atoms with Gasteiger partial charge in [-0.25, -0.2) is 9.37 Å². The molecule has 11 heavy (non-hydrogen) atoms. The molecule has 0 N–H and O–H groups in total. The van der Waals surface area contributed by atoms with E-state index in [9.17, 15) is 9.18 Å². The third kappa shape index (κ3) is 1.52.